The number of unbranched alkanes of at least 4 members (excludes halogenated alkanes) is 26. The molecule has 0 bridgehead atoms. The van der Waals surface area contributed by atoms with Crippen LogP contribution in [0, 0.1) is 0 Å². The van der Waals surface area contributed by atoms with Crippen molar-refractivity contribution in [3.05, 3.63) is 0 Å². The highest BCUT2D eigenvalue weighted by Crippen LogP contribution is 2.15. The van der Waals surface area contributed by atoms with Crippen molar-refractivity contribution in [3.8, 4) is 0 Å². The van der Waals surface area contributed by atoms with Gasteiger partial charge in [-0.15, -0.1) is 0 Å². The zero-order valence-electron chi connectivity index (χ0n) is 28.9. The number of esters is 1. The van der Waals surface area contributed by atoms with Crippen LogP contribution in [-0.2, 0) is 24.4 Å². The van der Waals surface area contributed by atoms with Crippen molar-refractivity contribution < 1.29 is 27.3 Å². The Balaban J connectivity index is 3.78. The van der Waals surface area contributed by atoms with Crippen molar-refractivity contribution in [3.63, 3.8) is 0 Å². The van der Waals surface area contributed by atoms with Crippen LogP contribution in [-0.4, -0.2) is 43.2 Å². The van der Waals surface area contributed by atoms with Crippen molar-refractivity contribution in [1.82, 2.24) is 5.32 Å². The lowest BCUT2D eigenvalue weighted by Crippen LogP contribution is -2.38. The molecule has 2 N–H and O–H groups in total. The monoisotopic (exact) mass is 646 g/mol. The molecule has 0 rings (SSSR count). The molecule has 0 aromatic rings. The molecule has 1 atom stereocenters. The Morgan fingerprint density at radius 1 is 0.545 bits per heavy atom. The number of ether oxygens (including phenoxy) is 1. The Hall–Kier alpha value is -1.15. The zero-order chi connectivity index (χ0) is 32.6. The fourth-order valence-corrected chi connectivity index (χ4v) is 6.33. The van der Waals surface area contributed by atoms with E-state index in [2.05, 4.69) is 19.2 Å². The van der Waals surface area contributed by atoms with Gasteiger partial charge in [-0.2, -0.15) is 8.42 Å². The number of carbonyl (C=O) groups excluding carboxylic acids is 2. The Morgan fingerprint density at radius 2 is 0.864 bits per heavy atom. The first kappa shape index (κ1) is 42.9. The molecule has 0 aliphatic carbocycles. The Labute approximate surface area is 272 Å². The smallest absolute Gasteiger partial charge is 0.327 e. The molecule has 1 unspecified atom stereocenters. The molecule has 44 heavy (non-hydrogen) atoms. The molecule has 0 aliphatic rings. The van der Waals surface area contributed by atoms with Crippen LogP contribution in [0.15, 0.2) is 0 Å². The van der Waals surface area contributed by atoms with E-state index in [0.717, 1.165) is 38.5 Å². The van der Waals surface area contributed by atoms with Crippen molar-refractivity contribution in [2.75, 3.05) is 13.2 Å². The van der Waals surface area contributed by atoms with Crippen LogP contribution in [0.2, 0.25) is 0 Å². The van der Waals surface area contributed by atoms with E-state index in [1.165, 1.54) is 135 Å². The molecule has 8 heteroatoms. The minimum absolute atomic E-state index is 0.101. The highest BCUT2D eigenvalue weighted by atomic mass is 32.2. The molecule has 262 valence electrons. The second-order valence-electron chi connectivity index (χ2n) is 12.9. The van der Waals surface area contributed by atoms with Gasteiger partial charge in [-0.05, 0) is 12.8 Å². The van der Waals surface area contributed by atoms with Gasteiger partial charge in [0.25, 0.3) is 10.1 Å². The van der Waals surface area contributed by atoms with Crippen LogP contribution in [0.25, 0.3) is 0 Å². The predicted molar refractivity (Wildman–Crippen MR) is 185 cm³/mol. The lowest BCUT2D eigenvalue weighted by molar-refractivity contribution is -0.144. The summed E-state index contributed by atoms with van der Waals surface area (Å²) in [6.07, 6.45) is 33.8. The average molecular weight is 646 g/mol. The number of rotatable bonds is 34. The summed E-state index contributed by atoms with van der Waals surface area (Å²) in [5.74, 6) is -1.61. The standard InChI is InChI=1S/C36H71NO6S/c1-3-5-7-9-11-13-15-17-19-21-23-25-27-29-31-37-35(38)33-34(44(40,41)42)36(39)43-32-30-28-26-24-22-20-18-16-14-12-10-8-6-4-2/h34H,3-33H2,1-2H3,(H,37,38)(H,40,41,42). The lowest BCUT2D eigenvalue weighted by atomic mass is 10.0. The van der Waals surface area contributed by atoms with Gasteiger partial charge < -0.3 is 10.1 Å². The van der Waals surface area contributed by atoms with Gasteiger partial charge in [0.2, 0.25) is 5.91 Å². The Bertz CT molecular complexity index is 758. The van der Waals surface area contributed by atoms with Gasteiger partial charge in [-0.3, -0.25) is 14.1 Å². The molecular weight excluding hydrogens is 574 g/mol. The summed E-state index contributed by atoms with van der Waals surface area (Å²) in [5, 5.41) is 0.813. The van der Waals surface area contributed by atoms with E-state index in [4.69, 9.17) is 4.74 Å². The van der Waals surface area contributed by atoms with Crippen molar-refractivity contribution in [1.29, 1.82) is 0 Å². The van der Waals surface area contributed by atoms with Gasteiger partial charge >= 0.3 is 5.97 Å². The van der Waals surface area contributed by atoms with Crippen molar-refractivity contribution >= 4 is 22.0 Å². The van der Waals surface area contributed by atoms with E-state index >= 15 is 0 Å². The molecule has 7 nitrogen and oxygen atoms in total. The summed E-state index contributed by atoms with van der Waals surface area (Å²) in [6, 6.07) is 0. The normalized spacial score (nSPS) is 12.3. The SMILES string of the molecule is CCCCCCCCCCCCCCCCNC(=O)CC(C(=O)OCCCCCCCCCCCCCCCC)S(=O)(=O)O. The van der Waals surface area contributed by atoms with Crippen LogP contribution >= 0.6 is 0 Å². The maximum absolute atomic E-state index is 12.3. The van der Waals surface area contributed by atoms with Gasteiger partial charge in [0.1, 0.15) is 0 Å². The third-order valence-corrected chi connectivity index (χ3v) is 9.67. The van der Waals surface area contributed by atoms with Crippen molar-refractivity contribution in [2.24, 2.45) is 0 Å². The van der Waals surface area contributed by atoms with Gasteiger partial charge in [-0.1, -0.05) is 181 Å². The number of amides is 1. The second-order valence-corrected chi connectivity index (χ2v) is 14.5. The van der Waals surface area contributed by atoms with Crippen LogP contribution in [0.5, 0.6) is 0 Å². The number of hydrogen-bond acceptors (Lipinski definition) is 5. The average Bonchev–Trinajstić information content (AvgIpc) is 2.99. The fraction of sp³-hybridized carbons (Fsp3) is 0.944. The summed E-state index contributed by atoms with van der Waals surface area (Å²) < 4.78 is 38.1. The quantitative estimate of drug-likeness (QED) is 0.0409. The summed E-state index contributed by atoms with van der Waals surface area (Å²) in [4.78, 5) is 24.6. The Morgan fingerprint density at radius 3 is 1.20 bits per heavy atom. The molecular formula is C36H71NO6S. The Kier molecular flexibility index (Phi) is 31.0. The summed E-state index contributed by atoms with van der Waals surface area (Å²) >= 11 is 0. The maximum atomic E-state index is 12.3. The van der Waals surface area contributed by atoms with E-state index in [9.17, 15) is 22.6 Å². The van der Waals surface area contributed by atoms with Crippen LogP contribution in [0.1, 0.15) is 200 Å². The van der Waals surface area contributed by atoms with Crippen molar-refractivity contribution in [2.45, 2.75) is 205 Å². The third kappa shape index (κ3) is 29.6. The highest BCUT2D eigenvalue weighted by Gasteiger charge is 2.34. The minimum atomic E-state index is -4.73. The molecule has 0 saturated heterocycles. The van der Waals surface area contributed by atoms with E-state index in [-0.39, 0.29) is 6.61 Å². The highest BCUT2D eigenvalue weighted by molar-refractivity contribution is 7.87. The second kappa shape index (κ2) is 31.8. The van der Waals surface area contributed by atoms with E-state index in [1.807, 2.05) is 0 Å². The molecule has 0 spiro atoms. The van der Waals surface area contributed by atoms with Crippen LogP contribution < -0.4 is 5.32 Å². The third-order valence-electron chi connectivity index (χ3n) is 8.59. The first-order valence-corrected chi connectivity index (χ1v) is 20.2. The zero-order valence-corrected chi connectivity index (χ0v) is 29.7. The lowest BCUT2D eigenvalue weighted by Gasteiger charge is -2.13. The molecule has 0 saturated carbocycles. The van der Waals surface area contributed by atoms with Crippen LogP contribution in [0.3, 0.4) is 0 Å². The first-order valence-electron chi connectivity index (χ1n) is 18.7. The first-order chi connectivity index (χ1) is 21.3. The fourth-order valence-electron chi connectivity index (χ4n) is 5.66. The van der Waals surface area contributed by atoms with E-state index in [0.29, 0.717) is 13.0 Å². The summed E-state index contributed by atoms with van der Waals surface area (Å²) in [6.45, 7) is 5.03. The topological polar surface area (TPSA) is 110 Å². The van der Waals surface area contributed by atoms with Gasteiger partial charge in [0.05, 0.1) is 13.0 Å². The molecule has 0 fully saturated rings. The number of hydrogen-bond donors (Lipinski definition) is 2. The maximum Gasteiger partial charge on any atom is 0.327 e. The molecule has 0 heterocycles. The van der Waals surface area contributed by atoms with Crippen LogP contribution in [0.4, 0.5) is 0 Å². The number of carbonyl (C=O) groups is 2. The van der Waals surface area contributed by atoms with E-state index in [1.54, 1.807) is 0 Å². The predicted octanol–water partition coefficient (Wildman–Crippen LogP) is 10.3. The van der Waals surface area contributed by atoms with Gasteiger partial charge in [0.15, 0.2) is 5.25 Å². The molecule has 1 amide bonds. The summed E-state index contributed by atoms with van der Waals surface area (Å²) in [5.41, 5.74) is 0. The molecule has 0 aromatic heterocycles. The van der Waals surface area contributed by atoms with Gasteiger partial charge in [-0.25, -0.2) is 0 Å². The summed E-state index contributed by atoms with van der Waals surface area (Å²) in [7, 11) is -4.73. The minimum Gasteiger partial charge on any atom is -0.465 e. The van der Waals surface area contributed by atoms with E-state index < -0.39 is 33.7 Å². The molecule has 0 aromatic carbocycles. The molecule has 0 aliphatic heterocycles. The molecule has 0 radical (unpaired) electrons. The largest absolute Gasteiger partial charge is 0.465 e. The van der Waals surface area contributed by atoms with Gasteiger partial charge in [0, 0.05) is 6.54 Å². The number of nitrogens with one attached hydrogen (secondary N) is 1.